The van der Waals surface area contributed by atoms with Crippen molar-refractivity contribution < 1.29 is 14.3 Å². The lowest BCUT2D eigenvalue weighted by molar-refractivity contribution is -0.121. The molecule has 16 heavy (non-hydrogen) atoms. The molecule has 2 rings (SSSR count). The first kappa shape index (κ1) is 10.5. The molecule has 5 heteroatoms. The van der Waals surface area contributed by atoms with E-state index >= 15 is 0 Å². The summed E-state index contributed by atoms with van der Waals surface area (Å²) in [4.78, 5) is 24.2. The third-order valence-electron chi connectivity index (χ3n) is 2.60. The highest BCUT2D eigenvalue weighted by Gasteiger charge is 2.36. The average Bonchev–Trinajstić information content (AvgIpc) is 2.53. The number of imide groups is 1. The van der Waals surface area contributed by atoms with Crippen molar-refractivity contribution in [2.24, 2.45) is 0 Å². The first-order chi connectivity index (χ1) is 7.63. The summed E-state index contributed by atoms with van der Waals surface area (Å²) >= 11 is 0. The minimum atomic E-state index is -0.567. The molecule has 5 nitrogen and oxygen atoms in total. The molecule has 1 aliphatic heterocycles. The zero-order chi connectivity index (χ0) is 11.7. The second-order valence-corrected chi connectivity index (χ2v) is 3.58. The van der Waals surface area contributed by atoms with Gasteiger partial charge >= 0.3 is 6.03 Å². The van der Waals surface area contributed by atoms with Crippen LogP contribution in [0.4, 0.5) is 4.79 Å². The number of nitrogens with zero attached hydrogens (tertiary/aromatic N) is 1. The summed E-state index contributed by atoms with van der Waals surface area (Å²) in [6, 6.07) is 6.18. The van der Waals surface area contributed by atoms with E-state index in [-0.39, 0.29) is 11.9 Å². The second-order valence-electron chi connectivity index (χ2n) is 3.58. The van der Waals surface area contributed by atoms with Gasteiger partial charge in [0.05, 0.1) is 7.11 Å². The molecule has 1 aliphatic rings. The second kappa shape index (κ2) is 3.84. The lowest BCUT2D eigenvalue weighted by atomic mass is 10.1. The Labute approximate surface area is 93.0 Å². The van der Waals surface area contributed by atoms with E-state index < -0.39 is 6.04 Å². The van der Waals surface area contributed by atoms with Crippen LogP contribution in [0.2, 0.25) is 0 Å². The van der Waals surface area contributed by atoms with Gasteiger partial charge in [0, 0.05) is 7.05 Å². The van der Waals surface area contributed by atoms with Gasteiger partial charge in [-0.05, 0) is 17.7 Å². The fraction of sp³-hybridized carbons (Fsp3) is 0.273. The predicted molar refractivity (Wildman–Crippen MR) is 57.0 cm³/mol. The molecule has 1 saturated heterocycles. The van der Waals surface area contributed by atoms with Gasteiger partial charge < -0.3 is 9.64 Å². The van der Waals surface area contributed by atoms with Crippen LogP contribution in [0.5, 0.6) is 5.75 Å². The van der Waals surface area contributed by atoms with Crippen molar-refractivity contribution in [3.8, 4) is 5.75 Å². The quantitative estimate of drug-likeness (QED) is 0.754. The molecule has 0 saturated carbocycles. The summed E-state index contributed by atoms with van der Waals surface area (Å²) in [5.74, 6) is 0.360. The Kier molecular flexibility index (Phi) is 2.52. The molecule has 1 aromatic rings. The van der Waals surface area contributed by atoms with Crippen LogP contribution in [0, 0.1) is 0 Å². The van der Waals surface area contributed by atoms with E-state index in [0.717, 1.165) is 5.56 Å². The number of carbonyl (C=O) groups excluding carboxylic acids is 2. The van der Waals surface area contributed by atoms with Gasteiger partial charge in [-0.1, -0.05) is 12.1 Å². The van der Waals surface area contributed by atoms with Gasteiger partial charge in [-0.15, -0.1) is 0 Å². The summed E-state index contributed by atoms with van der Waals surface area (Å²) in [5.41, 5.74) is 0.741. The number of hydrogen-bond acceptors (Lipinski definition) is 3. The molecule has 1 heterocycles. The van der Waals surface area contributed by atoms with E-state index in [2.05, 4.69) is 5.32 Å². The van der Waals surface area contributed by atoms with Crippen LogP contribution in [0.25, 0.3) is 0 Å². The van der Waals surface area contributed by atoms with Crippen LogP contribution in [0.1, 0.15) is 11.6 Å². The monoisotopic (exact) mass is 220 g/mol. The number of amides is 3. The average molecular weight is 220 g/mol. The molecule has 1 fully saturated rings. The van der Waals surface area contributed by atoms with Crippen LogP contribution in [-0.2, 0) is 4.79 Å². The number of ether oxygens (including phenoxy) is 1. The molecule has 0 aliphatic carbocycles. The van der Waals surface area contributed by atoms with E-state index in [1.54, 1.807) is 38.4 Å². The Morgan fingerprint density at radius 1 is 1.38 bits per heavy atom. The van der Waals surface area contributed by atoms with Gasteiger partial charge in [0.25, 0.3) is 5.91 Å². The van der Waals surface area contributed by atoms with Crippen LogP contribution in [0.15, 0.2) is 24.3 Å². The van der Waals surface area contributed by atoms with Crippen LogP contribution in [0.3, 0.4) is 0 Å². The molecule has 0 aromatic heterocycles. The highest BCUT2D eigenvalue weighted by molar-refractivity contribution is 6.04. The van der Waals surface area contributed by atoms with Crippen molar-refractivity contribution in [2.75, 3.05) is 14.2 Å². The molecular weight excluding hydrogens is 208 g/mol. The molecule has 1 N–H and O–H groups in total. The van der Waals surface area contributed by atoms with Crippen LogP contribution >= 0.6 is 0 Å². The SMILES string of the molecule is COc1cccc(C2C(=O)NC(=O)N2C)c1. The van der Waals surface area contributed by atoms with Crippen molar-refractivity contribution in [1.29, 1.82) is 0 Å². The number of nitrogens with one attached hydrogen (secondary N) is 1. The van der Waals surface area contributed by atoms with Gasteiger partial charge in [-0.3, -0.25) is 10.1 Å². The maximum atomic E-state index is 11.6. The number of carbonyl (C=O) groups is 2. The normalized spacial score (nSPS) is 19.9. The molecular formula is C11H12N2O3. The highest BCUT2D eigenvalue weighted by Crippen LogP contribution is 2.26. The smallest absolute Gasteiger partial charge is 0.324 e. The van der Waals surface area contributed by atoms with Gasteiger partial charge in [-0.25, -0.2) is 4.79 Å². The predicted octanol–water partition coefficient (Wildman–Crippen LogP) is 0.918. The molecule has 0 radical (unpaired) electrons. The topological polar surface area (TPSA) is 58.6 Å². The zero-order valence-corrected chi connectivity index (χ0v) is 9.06. The first-order valence-electron chi connectivity index (χ1n) is 4.85. The van der Waals surface area contributed by atoms with Crippen LogP contribution < -0.4 is 10.1 Å². The Morgan fingerprint density at radius 3 is 2.69 bits per heavy atom. The largest absolute Gasteiger partial charge is 0.497 e. The Balaban J connectivity index is 2.36. The fourth-order valence-corrected chi connectivity index (χ4v) is 1.74. The number of likely N-dealkylation sites (N-methyl/N-ethyl adjacent to an activating group) is 1. The van der Waals surface area contributed by atoms with Gasteiger partial charge in [-0.2, -0.15) is 0 Å². The summed E-state index contributed by atoms with van der Waals surface area (Å²) in [6.07, 6.45) is 0. The van der Waals surface area contributed by atoms with E-state index in [4.69, 9.17) is 4.74 Å². The lowest BCUT2D eigenvalue weighted by Gasteiger charge is -2.16. The third kappa shape index (κ3) is 1.60. The zero-order valence-electron chi connectivity index (χ0n) is 9.06. The number of benzene rings is 1. The van der Waals surface area contributed by atoms with Crippen molar-refractivity contribution in [3.05, 3.63) is 29.8 Å². The molecule has 0 spiro atoms. The summed E-state index contributed by atoms with van der Waals surface area (Å²) in [6.45, 7) is 0. The van der Waals surface area contributed by atoms with Gasteiger partial charge in [0.2, 0.25) is 0 Å². The highest BCUT2D eigenvalue weighted by atomic mass is 16.5. The molecule has 1 atom stereocenters. The van der Waals surface area contributed by atoms with Crippen LogP contribution in [-0.4, -0.2) is 31.0 Å². The van der Waals surface area contributed by atoms with Crippen molar-refractivity contribution >= 4 is 11.9 Å². The fourth-order valence-electron chi connectivity index (χ4n) is 1.74. The Bertz CT molecular complexity index is 445. The van der Waals surface area contributed by atoms with E-state index in [9.17, 15) is 9.59 Å². The Hall–Kier alpha value is -2.04. The van der Waals surface area contributed by atoms with E-state index in [1.807, 2.05) is 0 Å². The summed E-state index contributed by atoms with van der Waals surface area (Å²) < 4.78 is 5.08. The summed E-state index contributed by atoms with van der Waals surface area (Å²) in [5, 5.41) is 2.26. The molecule has 0 bridgehead atoms. The number of rotatable bonds is 2. The third-order valence-corrected chi connectivity index (χ3v) is 2.60. The standard InChI is InChI=1S/C11H12N2O3/c1-13-9(10(14)12-11(13)15)7-4-3-5-8(6-7)16-2/h3-6,9H,1-2H3,(H,12,14,15). The number of hydrogen-bond donors (Lipinski definition) is 1. The minimum Gasteiger partial charge on any atom is -0.497 e. The van der Waals surface area contributed by atoms with E-state index in [0.29, 0.717) is 5.75 Å². The van der Waals surface area contributed by atoms with Gasteiger partial charge in [0.15, 0.2) is 0 Å². The maximum Gasteiger partial charge on any atom is 0.324 e. The minimum absolute atomic E-state index is 0.305. The summed E-state index contributed by atoms with van der Waals surface area (Å²) in [7, 11) is 3.15. The maximum absolute atomic E-state index is 11.6. The lowest BCUT2D eigenvalue weighted by Crippen LogP contribution is -2.25. The number of urea groups is 1. The van der Waals surface area contributed by atoms with Crippen molar-refractivity contribution in [2.45, 2.75) is 6.04 Å². The van der Waals surface area contributed by atoms with Crippen molar-refractivity contribution in [3.63, 3.8) is 0 Å². The molecule has 1 unspecified atom stereocenters. The first-order valence-corrected chi connectivity index (χ1v) is 4.85. The van der Waals surface area contributed by atoms with E-state index in [1.165, 1.54) is 4.90 Å². The molecule has 84 valence electrons. The van der Waals surface area contributed by atoms with Gasteiger partial charge in [0.1, 0.15) is 11.8 Å². The number of methoxy groups -OCH3 is 1. The van der Waals surface area contributed by atoms with Crippen molar-refractivity contribution in [1.82, 2.24) is 10.2 Å². The molecule has 3 amide bonds. The Morgan fingerprint density at radius 2 is 2.12 bits per heavy atom. The molecule has 1 aromatic carbocycles.